The van der Waals surface area contributed by atoms with Gasteiger partial charge in [-0.05, 0) is 36.8 Å². The third-order valence-corrected chi connectivity index (χ3v) is 4.18. The summed E-state index contributed by atoms with van der Waals surface area (Å²) in [7, 11) is 0. The van der Waals surface area contributed by atoms with Gasteiger partial charge in [-0.25, -0.2) is 9.97 Å². The molecule has 2 aromatic heterocycles. The molecule has 4 rings (SSSR count). The summed E-state index contributed by atoms with van der Waals surface area (Å²) < 4.78 is 0. The minimum atomic E-state index is 0.954. The van der Waals surface area contributed by atoms with E-state index in [1.54, 1.807) is 0 Å². The normalized spacial score (nSPS) is 15.5. The zero-order chi connectivity index (χ0) is 14.9. The number of benzene rings is 1. The first-order valence-corrected chi connectivity index (χ1v) is 7.67. The second kappa shape index (κ2) is 5.33. The van der Waals surface area contributed by atoms with Crippen LogP contribution in [0.25, 0.3) is 11.0 Å². The summed E-state index contributed by atoms with van der Waals surface area (Å²) in [6, 6.07) is 12.4. The van der Waals surface area contributed by atoms with Gasteiger partial charge in [0.1, 0.15) is 5.82 Å². The van der Waals surface area contributed by atoms with Gasteiger partial charge in [0.15, 0.2) is 0 Å². The third kappa shape index (κ3) is 2.39. The van der Waals surface area contributed by atoms with Gasteiger partial charge in [-0.15, -0.1) is 0 Å². The van der Waals surface area contributed by atoms with Crippen molar-refractivity contribution in [2.45, 2.75) is 6.92 Å². The maximum absolute atomic E-state index is 4.71. The fraction of sp³-hybridized carbons (Fsp3) is 0.294. The summed E-state index contributed by atoms with van der Waals surface area (Å²) in [4.78, 5) is 17.2. The maximum atomic E-state index is 4.71. The lowest BCUT2D eigenvalue weighted by molar-refractivity contribution is 0.638. The van der Waals surface area contributed by atoms with Crippen LogP contribution in [0.3, 0.4) is 0 Å². The molecule has 0 spiro atoms. The van der Waals surface area contributed by atoms with Crippen LogP contribution in [0, 0.1) is 6.92 Å². The summed E-state index contributed by atoms with van der Waals surface area (Å²) >= 11 is 0. The van der Waals surface area contributed by atoms with Crippen LogP contribution >= 0.6 is 0 Å². The van der Waals surface area contributed by atoms with E-state index in [4.69, 9.17) is 4.98 Å². The monoisotopic (exact) mass is 293 g/mol. The van der Waals surface area contributed by atoms with E-state index in [0.29, 0.717) is 0 Å². The van der Waals surface area contributed by atoms with E-state index in [1.165, 1.54) is 5.56 Å². The number of hydrogen-bond acceptors (Lipinski definition) is 4. The molecule has 1 aromatic carbocycles. The van der Waals surface area contributed by atoms with Crippen LogP contribution in [-0.2, 0) is 0 Å². The molecule has 1 aliphatic rings. The zero-order valence-electron chi connectivity index (χ0n) is 12.7. The van der Waals surface area contributed by atoms with E-state index in [1.807, 2.05) is 18.3 Å². The summed E-state index contributed by atoms with van der Waals surface area (Å²) in [6.45, 7) is 5.94. The molecule has 22 heavy (non-hydrogen) atoms. The molecule has 0 bridgehead atoms. The van der Waals surface area contributed by atoms with Crippen molar-refractivity contribution in [3.05, 3.63) is 48.2 Å². The van der Waals surface area contributed by atoms with E-state index < -0.39 is 0 Å². The molecule has 1 saturated heterocycles. The number of nitrogens with one attached hydrogen (secondary N) is 1. The predicted molar refractivity (Wildman–Crippen MR) is 89.5 cm³/mol. The quantitative estimate of drug-likeness (QED) is 0.789. The van der Waals surface area contributed by atoms with Crippen molar-refractivity contribution in [3.8, 4) is 0 Å². The lowest BCUT2D eigenvalue weighted by Gasteiger charge is -2.35. The number of pyridine rings is 1. The minimum Gasteiger partial charge on any atom is -0.353 e. The molecule has 0 atom stereocenters. The van der Waals surface area contributed by atoms with Crippen molar-refractivity contribution in [1.82, 2.24) is 15.0 Å². The fourth-order valence-corrected chi connectivity index (χ4v) is 2.95. The summed E-state index contributed by atoms with van der Waals surface area (Å²) in [5.41, 5.74) is 3.40. The molecule has 5 nitrogen and oxygen atoms in total. The van der Waals surface area contributed by atoms with Crippen LogP contribution < -0.4 is 9.80 Å². The SMILES string of the molecule is Cc1ccc2nc(N3CCN(c4ccccn4)CC3)[nH]c2c1. The van der Waals surface area contributed by atoms with Gasteiger partial charge in [0, 0.05) is 32.4 Å². The largest absolute Gasteiger partial charge is 0.353 e. The number of rotatable bonds is 2. The smallest absolute Gasteiger partial charge is 0.203 e. The number of aryl methyl sites for hydroxylation is 1. The molecule has 5 heteroatoms. The molecule has 3 aromatic rings. The van der Waals surface area contributed by atoms with Gasteiger partial charge in [-0.3, -0.25) is 0 Å². The first kappa shape index (κ1) is 13.1. The Morgan fingerprint density at radius 3 is 2.59 bits per heavy atom. The molecular formula is C17H19N5. The molecule has 1 fully saturated rings. The van der Waals surface area contributed by atoms with Crippen LogP contribution in [0.1, 0.15) is 5.56 Å². The second-order valence-electron chi connectivity index (χ2n) is 5.74. The first-order chi connectivity index (χ1) is 10.8. The van der Waals surface area contributed by atoms with E-state index in [0.717, 1.165) is 49.0 Å². The van der Waals surface area contributed by atoms with Gasteiger partial charge in [-0.2, -0.15) is 0 Å². The molecule has 0 radical (unpaired) electrons. The van der Waals surface area contributed by atoms with Crippen LogP contribution in [0.5, 0.6) is 0 Å². The van der Waals surface area contributed by atoms with E-state index >= 15 is 0 Å². The van der Waals surface area contributed by atoms with Crippen molar-refractivity contribution in [2.24, 2.45) is 0 Å². The van der Waals surface area contributed by atoms with Crippen LogP contribution in [-0.4, -0.2) is 41.1 Å². The van der Waals surface area contributed by atoms with Crippen molar-refractivity contribution < 1.29 is 0 Å². The van der Waals surface area contributed by atoms with Gasteiger partial charge < -0.3 is 14.8 Å². The molecule has 1 N–H and O–H groups in total. The van der Waals surface area contributed by atoms with E-state index in [2.05, 4.69) is 51.0 Å². The van der Waals surface area contributed by atoms with Gasteiger partial charge in [0.25, 0.3) is 0 Å². The van der Waals surface area contributed by atoms with Crippen molar-refractivity contribution in [2.75, 3.05) is 36.0 Å². The van der Waals surface area contributed by atoms with Crippen LogP contribution in [0.4, 0.5) is 11.8 Å². The van der Waals surface area contributed by atoms with Gasteiger partial charge in [0.2, 0.25) is 5.95 Å². The third-order valence-electron chi connectivity index (χ3n) is 4.18. The highest BCUT2D eigenvalue weighted by molar-refractivity contribution is 5.78. The molecule has 3 heterocycles. The minimum absolute atomic E-state index is 0.954. The molecule has 112 valence electrons. The van der Waals surface area contributed by atoms with Crippen molar-refractivity contribution >= 4 is 22.8 Å². The number of H-pyrrole nitrogens is 1. The summed E-state index contributed by atoms with van der Waals surface area (Å²) in [5, 5.41) is 0. The Morgan fingerprint density at radius 2 is 1.82 bits per heavy atom. The molecule has 1 aliphatic heterocycles. The molecule has 0 unspecified atom stereocenters. The highest BCUT2D eigenvalue weighted by atomic mass is 15.3. The lowest BCUT2D eigenvalue weighted by Crippen LogP contribution is -2.47. The number of aromatic amines is 1. The number of piperazine rings is 1. The highest BCUT2D eigenvalue weighted by Gasteiger charge is 2.20. The number of nitrogens with zero attached hydrogens (tertiary/aromatic N) is 4. The number of imidazole rings is 1. The standard InChI is InChI=1S/C17H19N5/c1-13-5-6-14-15(12-13)20-17(19-14)22-10-8-21(9-11-22)16-4-2-3-7-18-16/h2-7,12H,8-11H2,1H3,(H,19,20). The van der Waals surface area contributed by atoms with Crippen LogP contribution in [0.2, 0.25) is 0 Å². The Bertz CT molecular complexity index is 772. The van der Waals surface area contributed by atoms with Crippen LogP contribution in [0.15, 0.2) is 42.6 Å². The maximum Gasteiger partial charge on any atom is 0.203 e. The topological polar surface area (TPSA) is 48.1 Å². The Kier molecular flexibility index (Phi) is 3.18. The van der Waals surface area contributed by atoms with E-state index in [9.17, 15) is 0 Å². The average molecular weight is 293 g/mol. The Hall–Kier alpha value is -2.56. The van der Waals surface area contributed by atoms with Gasteiger partial charge in [-0.1, -0.05) is 12.1 Å². The molecule has 0 amide bonds. The molecule has 0 aliphatic carbocycles. The number of fused-ring (bicyclic) bond motifs is 1. The number of aromatic nitrogens is 3. The van der Waals surface area contributed by atoms with Gasteiger partial charge >= 0.3 is 0 Å². The number of hydrogen-bond donors (Lipinski definition) is 1. The predicted octanol–water partition coefficient (Wildman–Crippen LogP) is 2.59. The lowest BCUT2D eigenvalue weighted by atomic mass is 10.2. The van der Waals surface area contributed by atoms with E-state index in [-0.39, 0.29) is 0 Å². The second-order valence-corrected chi connectivity index (χ2v) is 5.74. The Balaban J connectivity index is 1.50. The van der Waals surface area contributed by atoms with Crippen molar-refractivity contribution in [1.29, 1.82) is 0 Å². The zero-order valence-corrected chi connectivity index (χ0v) is 12.7. The number of anilines is 2. The average Bonchev–Trinajstić information content (AvgIpc) is 2.99. The Labute approximate surface area is 129 Å². The summed E-state index contributed by atoms with van der Waals surface area (Å²) in [5.74, 6) is 2.03. The Morgan fingerprint density at radius 1 is 1.00 bits per heavy atom. The highest BCUT2D eigenvalue weighted by Crippen LogP contribution is 2.21. The first-order valence-electron chi connectivity index (χ1n) is 7.67. The van der Waals surface area contributed by atoms with Gasteiger partial charge in [0.05, 0.1) is 11.0 Å². The fourth-order valence-electron chi connectivity index (χ4n) is 2.95. The van der Waals surface area contributed by atoms with Crippen molar-refractivity contribution in [3.63, 3.8) is 0 Å². The summed E-state index contributed by atoms with van der Waals surface area (Å²) in [6.07, 6.45) is 1.85. The molecular weight excluding hydrogens is 274 g/mol. The molecule has 0 saturated carbocycles.